The van der Waals surface area contributed by atoms with E-state index >= 15 is 0 Å². The third-order valence-corrected chi connectivity index (χ3v) is 4.59. The van der Waals surface area contributed by atoms with Crippen LogP contribution in [0.15, 0.2) is 29.6 Å². The molecule has 0 radical (unpaired) electrons. The summed E-state index contributed by atoms with van der Waals surface area (Å²) < 4.78 is 45.7. The smallest absolute Gasteiger partial charge is 0.406 e. The van der Waals surface area contributed by atoms with Gasteiger partial charge in [0.1, 0.15) is 5.75 Å². The Morgan fingerprint density at radius 3 is 2.78 bits per heavy atom. The van der Waals surface area contributed by atoms with Gasteiger partial charge in [-0.25, -0.2) is 4.98 Å². The van der Waals surface area contributed by atoms with Crippen molar-refractivity contribution < 1.29 is 27.4 Å². The molecule has 2 heterocycles. The van der Waals surface area contributed by atoms with Crippen LogP contribution in [-0.2, 0) is 16.0 Å². The molecule has 0 spiro atoms. The Balaban J connectivity index is 1.47. The molecule has 10 heteroatoms. The van der Waals surface area contributed by atoms with Gasteiger partial charge in [-0.2, -0.15) is 0 Å². The van der Waals surface area contributed by atoms with Gasteiger partial charge in [-0.15, -0.1) is 24.5 Å². The molecule has 2 N–H and O–H groups in total. The second-order valence-corrected chi connectivity index (χ2v) is 6.82. The number of alkyl halides is 3. The van der Waals surface area contributed by atoms with Crippen molar-refractivity contribution in [3.05, 3.63) is 35.3 Å². The molecule has 1 aromatic heterocycles. The van der Waals surface area contributed by atoms with Gasteiger partial charge >= 0.3 is 6.36 Å². The molecule has 1 atom stereocenters. The topological polar surface area (TPSA) is 72.5 Å². The average Bonchev–Trinajstić information content (AvgIpc) is 3.25. The van der Waals surface area contributed by atoms with Crippen molar-refractivity contribution in [3.8, 4) is 5.75 Å². The van der Waals surface area contributed by atoms with Crippen LogP contribution >= 0.6 is 11.3 Å². The Bertz CT molecular complexity index is 759. The number of carbonyl (C=O) groups is 1. The van der Waals surface area contributed by atoms with Crippen LogP contribution in [-0.4, -0.2) is 36.5 Å². The van der Waals surface area contributed by atoms with E-state index in [-0.39, 0.29) is 24.2 Å². The monoisotopic (exact) mass is 401 g/mol. The maximum absolute atomic E-state index is 12.2. The zero-order chi connectivity index (χ0) is 19.3. The summed E-state index contributed by atoms with van der Waals surface area (Å²) >= 11 is 1.31. The molecule has 0 aliphatic carbocycles. The number of halogens is 3. The van der Waals surface area contributed by atoms with Gasteiger partial charge < -0.3 is 20.1 Å². The van der Waals surface area contributed by atoms with Crippen LogP contribution in [0.5, 0.6) is 5.75 Å². The van der Waals surface area contributed by atoms with Crippen molar-refractivity contribution in [2.75, 3.05) is 18.5 Å². The fraction of sp³-hybridized carbons (Fsp3) is 0.412. The Morgan fingerprint density at radius 2 is 2.11 bits per heavy atom. The number of rotatable bonds is 7. The summed E-state index contributed by atoms with van der Waals surface area (Å²) in [7, 11) is 0. The van der Waals surface area contributed by atoms with E-state index in [1.165, 1.54) is 35.6 Å². The van der Waals surface area contributed by atoms with Crippen molar-refractivity contribution >= 4 is 28.1 Å². The number of nitrogens with zero attached hydrogens (tertiary/aromatic N) is 1. The molecule has 3 rings (SSSR count). The van der Waals surface area contributed by atoms with Crippen molar-refractivity contribution in [1.29, 1.82) is 0 Å². The van der Waals surface area contributed by atoms with Crippen molar-refractivity contribution in [1.82, 2.24) is 10.3 Å². The molecule has 1 fully saturated rings. The summed E-state index contributed by atoms with van der Waals surface area (Å²) in [5.41, 5.74) is 1.18. The fourth-order valence-electron chi connectivity index (χ4n) is 2.57. The lowest BCUT2D eigenvalue weighted by atomic mass is 10.2. The highest BCUT2D eigenvalue weighted by molar-refractivity contribution is 7.13. The molecule has 0 saturated carbocycles. The number of hydrogen-bond donors (Lipinski definition) is 2. The fourth-order valence-corrected chi connectivity index (χ4v) is 3.30. The third kappa shape index (κ3) is 6.40. The number of hydrogen-bond acceptors (Lipinski definition) is 6. The van der Waals surface area contributed by atoms with E-state index in [0.29, 0.717) is 23.1 Å². The zero-order valence-electron chi connectivity index (χ0n) is 14.2. The van der Waals surface area contributed by atoms with Crippen LogP contribution in [0.3, 0.4) is 0 Å². The minimum Gasteiger partial charge on any atom is -0.406 e. The van der Waals surface area contributed by atoms with Crippen LogP contribution in [0.2, 0.25) is 0 Å². The summed E-state index contributed by atoms with van der Waals surface area (Å²) in [4.78, 5) is 16.3. The van der Waals surface area contributed by atoms with Gasteiger partial charge in [-0.05, 0) is 37.1 Å². The minimum absolute atomic E-state index is 0.0888. The van der Waals surface area contributed by atoms with Gasteiger partial charge in [0.15, 0.2) is 5.13 Å². The lowest BCUT2D eigenvalue weighted by molar-refractivity contribution is -0.274. The van der Waals surface area contributed by atoms with Crippen LogP contribution < -0.4 is 15.4 Å². The van der Waals surface area contributed by atoms with Crippen LogP contribution in [0.25, 0.3) is 0 Å². The highest BCUT2D eigenvalue weighted by atomic mass is 32.1. The molecule has 2 aromatic rings. The number of benzene rings is 1. The zero-order valence-corrected chi connectivity index (χ0v) is 15.0. The average molecular weight is 401 g/mol. The summed E-state index contributed by atoms with van der Waals surface area (Å²) in [6.07, 6.45) is -2.50. The Labute approximate surface area is 157 Å². The largest absolute Gasteiger partial charge is 0.573 e. The molecule has 1 aromatic carbocycles. The highest BCUT2D eigenvalue weighted by Gasteiger charge is 2.30. The van der Waals surface area contributed by atoms with E-state index in [1.807, 2.05) is 0 Å². The van der Waals surface area contributed by atoms with E-state index < -0.39 is 6.36 Å². The molecule has 1 aliphatic rings. The van der Waals surface area contributed by atoms with E-state index in [2.05, 4.69) is 20.4 Å². The third-order valence-electron chi connectivity index (χ3n) is 3.78. The number of anilines is 2. The molecule has 1 amide bonds. The van der Waals surface area contributed by atoms with E-state index in [1.54, 1.807) is 5.38 Å². The molecule has 6 nitrogen and oxygen atoms in total. The van der Waals surface area contributed by atoms with Gasteiger partial charge in [0.25, 0.3) is 0 Å². The number of ether oxygens (including phenoxy) is 2. The number of aromatic nitrogens is 1. The van der Waals surface area contributed by atoms with E-state index in [4.69, 9.17) is 4.74 Å². The van der Waals surface area contributed by atoms with Gasteiger partial charge in [0, 0.05) is 24.2 Å². The van der Waals surface area contributed by atoms with Gasteiger partial charge in [-0.3, -0.25) is 4.79 Å². The summed E-state index contributed by atoms with van der Waals surface area (Å²) in [6, 6.07) is 5.33. The normalized spacial score (nSPS) is 16.9. The number of amides is 1. The quantitative estimate of drug-likeness (QED) is 0.742. The summed E-state index contributed by atoms with van der Waals surface area (Å²) in [5, 5.41) is 8.12. The number of carbonyl (C=O) groups excluding carboxylic acids is 1. The maximum Gasteiger partial charge on any atom is 0.573 e. The lowest BCUT2D eigenvalue weighted by Crippen LogP contribution is -2.32. The van der Waals surface area contributed by atoms with Gasteiger partial charge in [-0.1, -0.05) is 0 Å². The predicted molar refractivity (Wildman–Crippen MR) is 94.2 cm³/mol. The predicted octanol–water partition coefficient (Wildman–Crippen LogP) is 3.62. The van der Waals surface area contributed by atoms with Gasteiger partial charge in [0.2, 0.25) is 5.91 Å². The molecule has 0 unspecified atom stereocenters. The maximum atomic E-state index is 12.2. The molecule has 1 saturated heterocycles. The highest BCUT2D eigenvalue weighted by Crippen LogP contribution is 2.26. The molecule has 146 valence electrons. The first kappa shape index (κ1) is 19.4. The molecule has 27 heavy (non-hydrogen) atoms. The number of nitrogens with one attached hydrogen (secondary N) is 2. The summed E-state index contributed by atoms with van der Waals surface area (Å²) in [5.74, 6) is -0.424. The van der Waals surface area contributed by atoms with Gasteiger partial charge in [0.05, 0.1) is 18.2 Å². The first-order valence-corrected chi connectivity index (χ1v) is 9.21. The Morgan fingerprint density at radius 1 is 1.33 bits per heavy atom. The van der Waals surface area contributed by atoms with Crippen LogP contribution in [0.4, 0.5) is 24.0 Å². The standard InChI is InChI=1S/C17H18F3N3O3S/c18-17(19,20)26-13-5-3-11(4-6-13)22-16-23-12(10-27-16)8-15(24)21-9-14-2-1-7-25-14/h3-6,10,14H,1-2,7-9H2,(H,21,24)(H,22,23)/t14-/m1/s1. The molecule has 1 aliphatic heterocycles. The van der Waals surface area contributed by atoms with E-state index in [9.17, 15) is 18.0 Å². The summed E-state index contributed by atoms with van der Waals surface area (Å²) in [6.45, 7) is 1.24. The van der Waals surface area contributed by atoms with E-state index in [0.717, 1.165) is 19.4 Å². The molecule has 0 bridgehead atoms. The SMILES string of the molecule is O=C(Cc1csc(Nc2ccc(OC(F)(F)F)cc2)n1)NC[C@H]1CCCO1. The first-order chi connectivity index (χ1) is 12.9. The second kappa shape index (κ2) is 8.57. The second-order valence-electron chi connectivity index (χ2n) is 5.96. The molecular weight excluding hydrogens is 383 g/mol. The molecular formula is C17H18F3N3O3S. The Hall–Kier alpha value is -2.33. The Kier molecular flexibility index (Phi) is 6.17. The first-order valence-electron chi connectivity index (χ1n) is 8.33. The van der Waals surface area contributed by atoms with Crippen LogP contribution in [0, 0.1) is 0 Å². The van der Waals surface area contributed by atoms with Crippen LogP contribution in [0.1, 0.15) is 18.5 Å². The number of thiazole rings is 1. The van der Waals surface area contributed by atoms with Crippen molar-refractivity contribution in [2.45, 2.75) is 31.7 Å². The van der Waals surface area contributed by atoms with Crippen molar-refractivity contribution in [3.63, 3.8) is 0 Å². The lowest BCUT2D eigenvalue weighted by Gasteiger charge is -2.10. The van der Waals surface area contributed by atoms with Crippen molar-refractivity contribution in [2.24, 2.45) is 0 Å². The minimum atomic E-state index is -4.72.